The summed E-state index contributed by atoms with van der Waals surface area (Å²) in [6.07, 6.45) is 8.27. The molecule has 2 atom stereocenters. The lowest BCUT2D eigenvalue weighted by atomic mass is 9.73. The van der Waals surface area contributed by atoms with E-state index in [-0.39, 0.29) is 0 Å². The van der Waals surface area contributed by atoms with Gasteiger partial charge in [0.2, 0.25) is 0 Å². The predicted molar refractivity (Wildman–Crippen MR) is 54.4 cm³/mol. The maximum Gasteiger partial charge on any atom is 0.0769 e. The molecule has 1 fully saturated rings. The van der Waals surface area contributed by atoms with Gasteiger partial charge in [-0.25, -0.2) is 0 Å². The minimum atomic E-state index is -0.407. The van der Waals surface area contributed by atoms with Crippen molar-refractivity contribution in [3.8, 4) is 0 Å². The highest BCUT2D eigenvalue weighted by atomic mass is 16.3. The molecule has 0 radical (unpaired) electrons. The predicted octanol–water partition coefficient (Wildman–Crippen LogP) is 2.89. The Morgan fingerprint density at radius 3 is 2.92 bits per heavy atom. The van der Waals surface area contributed by atoms with Gasteiger partial charge in [-0.2, -0.15) is 0 Å². The van der Waals surface area contributed by atoms with Gasteiger partial charge in [-0.05, 0) is 31.6 Å². The molecule has 74 valence electrons. The van der Waals surface area contributed by atoms with E-state index in [1.165, 1.54) is 25.7 Å². The number of hydrogen-bond acceptors (Lipinski definition) is 1. The normalized spacial score (nSPS) is 39.1. The molecule has 1 unspecified atom stereocenters. The zero-order valence-electron chi connectivity index (χ0n) is 8.71. The molecule has 0 aromatic heterocycles. The van der Waals surface area contributed by atoms with Gasteiger partial charge >= 0.3 is 0 Å². The second-order valence-electron chi connectivity index (χ2n) is 4.93. The summed E-state index contributed by atoms with van der Waals surface area (Å²) in [6.45, 7) is 4.29. The van der Waals surface area contributed by atoms with Crippen molar-refractivity contribution in [3.63, 3.8) is 0 Å². The molecule has 1 heteroatoms. The zero-order chi connectivity index (χ0) is 9.47. The van der Waals surface area contributed by atoms with Crippen LogP contribution in [0.5, 0.6) is 0 Å². The third-order valence-corrected chi connectivity index (χ3v) is 3.95. The lowest BCUT2D eigenvalue weighted by Gasteiger charge is -2.37. The van der Waals surface area contributed by atoms with E-state index in [2.05, 4.69) is 19.9 Å². The lowest BCUT2D eigenvalue weighted by Crippen LogP contribution is -2.41. The van der Waals surface area contributed by atoms with Crippen molar-refractivity contribution in [2.45, 2.75) is 51.6 Å². The molecule has 13 heavy (non-hydrogen) atoms. The van der Waals surface area contributed by atoms with Gasteiger partial charge in [0.1, 0.15) is 0 Å². The van der Waals surface area contributed by atoms with Gasteiger partial charge in [-0.3, -0.25) is 0 Å². The van der Waals surface area contributed by atoms with Gasteiger partial charge < -0.3 is 5.11 Å². The number of aliphatic hydroxyl groups is 1. The van der Waals surface area contributed by atoms with Gasteiger partial charge in [0, 0.05) is 5.92 Å². The number of fused-ring (bicyclic) bond motifs is 1. The van der Waals surface area contributed by atoms with E-state index in [1.54, 1.807) is 5.57 Å². The largest absolute Gasteiger partial charge is 0.389 e. The Bertz CT molecular complexity index is 229. The molecule has 2 aliphatic rings. The van der Waals surface area contributed by atoms with Crippen LogP contribution in [0.15, 0.2) is 11.6 Å². The van der Waals surface area contributed by atoms with Crippen molar-refractivity contribution in [1.82, 2.24) is 0 Å². The van der Waals surface area contributed by atoms with Crippen LogP contribution in [-0.4, -0.2) is 10.7 Å². The van der Waals surface area contributed by atoms with Gasteiger partial charge in [0.05, 0.1) is 5.60 Å². The van der Waals surface area contributed by atoms with Crippen LogP contribution < -0.4 is 0 Å². The SMILES string of the molecule is CC(C)[C@@]1(O)CC=C2CCCCC21. The zero-order valence-corrected chi connectivity index (χ0v) is 8.71. The van der Waals surface area contributed by atoms with E-state index in [1.807, 2.05) is 0 Å². The fourth-order valence-corrected chi connectivity index (χ4v) is 2.93. The fourth-order valence-electron chi connectivity index (χ4n) is 2.93. The second-order valence-corrected chi connectivity index (χ2v) is 4.93. The van der Waals surface area contributed by atoms with Crippen molar-refractivity contribution in [2.75, 3.05) is 0 Å². The molecule has 0 aliphatic heterocycles. The molecular formula is C12H20O. The Kier molecular flexibility index (Phi) is 2.23. The molecule has 0 amide bonds. The molecule has 0 bridgehead atoms. The van der Waals surface area contributed by atoms with Crippen LogP contribution in [-0.2, 0) is 0 Å². The highest BCUT2D eigenvalue weighted by Crippen LogP contribution is 2.47. The molecule has 2 rings (SSSR count). The van der Waals surface area contributed by atoms with E-state index in [4.69, 9.17) is 0 Å². The first kappa shape index (κ1) is 9.26. The molecule has 0 heterocycles. The van der Waals surface area contributed by atoms with Crippen molar-refractivity contribution >= 4 is 0 Å². The van der Waals surface area contributed by atoms with E-state index >= 15 is 0 Å². The van der Waals surface area contributed by atoms with Crippen LogP contribution in [0.25, 0.3) is 0 Å². The fraction of sp³-hybridized carbons (Fsp3) is 0.833. The van der Waals surface area contributed by atoms with Crippen LogP contribution in [0.4, 0.5) is 0 Å². The average molecular weight is 180 g/mol. The molecule has 0 aromatic rings. The standard InChI is InChI=1S/C12H20O/c1-9(2)12(13)8-7-10-5-3-4-6-11(10)12/h7,9,11,13H,3-6,8H2,1-2H3/t11?,12-/m0/s1. The smallest absolute Gasteiger partial charge is 0.0769 e. The summed E-state index contributed by atoms with van der Waals surface area (Å²) >= 11 is 0. The van der Waals surface area contributed by atoms with Crippen molar-refractivity contribution < 1.29 is 5.11 Å². The van der Waals surface area contributed by atoms with Crippen LogP contribution in [0.3, 0.4) is 0 Å². The van der Waals surface area contributed by atoms with Gasteiger partial charge in [-0.15, -0.1) is 0 Å². The van der Waals surface area contributed by atoms with E-state index < -0.39 is 5.60 Å². The maximum atomic E-state index is 10.5. The number of rotatable bonds is 1. The monoisotopic (exact) mass is 180 g/mol. The van der Waals surface area contributed by atoms with Crippen molar-refractivity contribution in [3.05, 3.63) is 11.6 Å². The third kappa shape index (κ3) is 1.34. The van der Waals surface area contributed by atoms with Crippen LogP contribution in [0.2, 0.25) is 0 Å². The molecular weight excluding hydrogens is 160 g/mol. The minimum absolute atomic E-state index is 0.393. The van der Waals surface area contributed by atoms with Crippen LogP contribution in [0, 0.1) is 11.8 Å². The second kappa shape index (κ2) is 3.13. The summed E-state index contributed by atoms with van der Waals surface area (Å²) in [7, 11) is 0. The molecule has 1 saturated carbocycles. The van der Waals surface area contributed by atoms with Crippen LogP contribution >= 0.6 is 0 Å². The first-order chi connectivity index (χ1) is 6.14. The average Bonchev–Trinajstić information content (AvgIpc) is 2.47. The van der Waals surface area contributed by atoms with E-state index in [9.17, 15) is 5.11 Å². The molecule has 0 aromatic carbocycles. The topological polar surface area (TPSA) is 20.2 Å². The quantitative estimate of drug-likeness (QED) is 0.615. The Labute approximate surface area is 80.8 Å². The van der Waals surface area contributed by atoms with Crippen molar-refractivity contribution in [2.24, 2.45) is 11.8 Å². The first-order valence-corrected chi connectivity index (χ1v) is 5.56. The number of hydrogen-bond donors (Lipinski definition) is 1. The highest BCUT2D eigenvalue weighted by molar-refractivity contribution is 5.23. The van der Waals surface area contributed by atoms with Gasteiger partial charge in [-0.1, -0.05) is 31.9 Å². The van der Waals surface area contributed by atoms with E-state index in [0.29, 0.717) is 11.8 Å². The Morgan fingerprint density at radius 2 is 2.23 bits per heavy atom. The lowest BCUT2D eigenvalue weighted by molar-refractivity contribution is -0.0403. The molecule has 2 aliphatic carbocycles. The van der Waals surface area contributed by atoms with Gasteiger partial charge in [0.15, 0.2) is 0 Å². The Balaban J connectivity index is 2.19. The summed E-state index contributed by atoms with van der Waals surface area (Å²) in [5.74, 6) is 0.880. The summed E-state index contributed by atoms with van der Waals surface area (Å²) < 4.78 is 0. The molecule has 0 spiro atoms. The molecule has 1 N–H and O–H groups in total. The van der Waals surface area contributed by atoms with Crippen LogP contribution in [0.1, 0.15) is 46.0 Å². The Morgan fingerprint density at radius 1 is 1.46 bits per heavy atom. The molecule has 1 nitrogen and oxygen atoms in total. The first-order valence-electron chi connectivity index (χ1n) is 5.56. The highest BCUT2D eigenvalue weighted by Gasteiger charge is 2.44. The summed E-state index contributed by atoms with van der Waals surface area (Å²) in [6, 6.07) is 0. The van der Waals surface area contributed by atoms with Crippen molar-refractivity contribution in [1.29, 1.82) is 0 Å². The van der Waals surface area contributed by atoms with Gasteiger partial charge in [0.25, 0.3) is 0 Å². The summed E-state index contributed by atoms with van der Waals surface area (Å²) in [4.78, 5) is 0. The third-order valence-electron chi connectivity index (χ3n) is 3.95. The van der Waals surface area contributed by atoms with E-state index in [0.717, 1.165) is 6.42 Å². The summed E-state index contributed by atoms with van der Waals surface area (Å²) in [5.41, 5.74) is 1.14. The minimum Gasteiger partial charge on any atom is -0.389 e. The Hall–Kier alpha value is -0.300. The summed E-state index contributed by atoms with van der Waals surface area (Å²) in [5, 5.41) is 10.5. The maximum absolute atomic E-state index is 10.5. The molecule has 0 saturated heterocycles.